The van der Waals surface area contributed by atoms with Crippen molar-refractivity contribution in [2.45, 2.75) is 19.8 Å². The molecule has 1 amide bonds. The summed E-state index contributed by atoms with van der Waals surface area (Å²) in [5.74, 6) is -0.275. The molecule has 0 aliphatic carbocycles. The molecule has 0 aliphatic rings. The summed E-state index contributed by atoms with van der Waals surface area (Å²) >= 11 is 7.18. The molecule has 0 saturated heterocycles. The zero-order valence-electron chi connectivity index (χ0n) is 10.3. The van der Waals surface area contributed by atoms with Crippen LogP contribution in [-0.4, -0.2) is 16.1 Å². The van der Waals surface area contributed by atoms with E-state index in [4.69, 9.17) is 17.3 Å². The van der Waals surface area contributed by atoms with Gasteiger partial charge in [0.15, 0.2) is 0 Å². The molecule has 0 bridgehead atoms. The second-order valence-electron chi connectivity index (χ2n) is 3.94. The van der Waals surface area contributed by atoms with Crippen LogP contribution in [0.15, 0.2) is 18.2 Å². The van der Waals surface area contributed by atoms with Gasteiger partial charge in [0, 0.05) is 12.0 Å². The van der Waals surface area contributed by atoms with Gasteiger partial charge in [0.05, 0.1) is 10.7 Å². The van der Waals surface area contributed by atoms with Gasteiger partial charge in [-0.1, -0.05) is 29.9 Å². The minimum Gasteiger partial charge on any atom is -0.398 e. The summed E-state index contributed by atoms with van der Waals surface area (Å²) in [6.45, 7) is 2.07. The topological polar surface area (TPSA) is 80.9 Å². The van der Waals surface area contributed by atoms with E-state index in [-0.39, 0.29) is 5.91 Å². The number of nitrogen functional groups attached to an aromatic ring is 1. The van der Waals surface area contributed by atoms with E-state index in [1.807, 2.05) is 0 Å². The van der Waals surface area contributed by atoms with Gasteiger partial charge < -0.3 is 5.73 Å². The maximum atomic E-state index is 12.0. The zero-order chi connectivity index (χ0) is 13.8. The Bertz CT molecular complexity index is 599. The van der Waals surface area contributed by atoms with E-state index in [0.717, 1.165) is 17.8 Å². The van der Waals surface area contributed by atoms with Crippen LogP contribution in [0.2, 0.25) is 5.02 Å². The average Bonchev–Trinajstić information content (AvgIpc) is 2.80. The molecular formula is C12H13ClN4OS. The van der Waals surface area contributed by atoms with Crippen molar-refractivity contribution in [1.82, 2.24) is 10.2 Å². The Morgan fingerprint density at radius 2 is 2.26 bits per heavy atom. The van der Waals surface area contributed by atoms with Crippen molar-refractivity contribution in [3.05, 3.63) is 33.8 Å². The first kappa shape index (κ1) is 13.8. The minimum absolute atomic E-state index is 0.275. The number of anilines is 2. The number of rotatable bonds is 4. The third-order valence-electron chi connectivity index (χ3n) is 2.41. The molecule has 7 heteroatoms. The van der Waals surface area contributed by atoms with Crippen LogP contribution >= 0.6 is 22.9 Å². The third-order valence-corrected chi connectivity index (χ3v) is 3.65. The number of amides is 1. The van der Waals surface area contributed by atoms with Gasteiger partial charge >= 0.3 is 0 Å². The summed E-state index contributed by atoms with van der Waals surface area (Å²) in [7, 11) is 0. The van der Waals surface area contributed by atoms with Gasteiger partial charge in [0.2, 0.25) is 5.13 Å². The Morgan fingerprint density at radius 1 is 1.47 bits per heavy atom. The molecule has 1 aromatic heterocycles. The second-order valence-corrected chi connectivity index (χ2v) is 5.41. The highest BCUT2D eigenvalue weighted by molar-refractivity contribution is 7.15. The van der Waals surface area contributed by atoms with Gasteiger partial charge in [-0.2, -0.15) is 0 Å². The number of aryl methyl sites for hydroxylation is 1. The molecule has 0 spiro atoms. The number of halogens is 1. The van der Waals surface area contributed by atoms with Crippen molar-refractivity contribution in [3.8, 4) is 0 Å². The molecule has 0 saturated carbocycles. The van der Waals surface area contributed by atoms with Gasteiger partial charge in [-0.25, -0.2) is 0 Å². The van der Waals surface area contributed by atoms with Crippen LogP contribution in [0.3, 0.4) is 0 Å². The lowest BCUT2D eigenvalue weighted by Gasteiger charge is -2.03. The number of benzene rings is 1. The molecule has 3 N–H and O–H groups in total. The van der Waals surface area contributed by atoms with E-state index < -0.39 is 0 Å². The average molecular weight is 297 g/mol. The summed E-state index contributed by atoms with van der Waals surface area (Å²) in [6, 6.07) is 4.74. The van der Waals surface area contributed by atoms with Gasteiger partial charge in [0.1, 0.15) is 5.01 Å². The third kappa shape index (κ3) is 3.42. The molecule has 19 heavy (non-hydrogen) atoms. The molecule has 2 rings (SSSR count). The lowest BCUT2D eigenvalue weighted by Crippen LogP contribution is -2.12. The van der Waals surface area contributed by atoms with E-state index in [1.165, 1.54) is 17.4 Å². The van der Waals surface area contributed by atoms with E-state index in [1.54, 1.807) is 12.1 Å². The van der Waals surface area contributed by atoms with E-state index in [9.17, 15) is 4.79 Å². The first-order valence-corrected chi connectivity index (χ1v) is 6.98. The summed E-state index contributed by atoms with van der Waals surface area (Å²) in [4.78, 5) is 12.0. The first-order chi connectivity index (χ1) is 9.10. The fraction of sp³-hybridized carbons (Fsp3) is 0.250. The standard InChI is InChI=1S/C12H13ClN4OS/c1-2-3-10-16-17-12(19-10)15-11(18)7-4-5-8(13)9(14)6-7/h4-6H,2-3,14H2,1H3,(H,15,17,18). The van der Waals surface area contributed by atoms with Crippen LogP contribution in [0.5, 0.6) is 0 Å². The van der Waals surface area contributed by atoms with E-state index >= 15 is 0 Å². The highest BCUT2D eigenvalue weighted by atomic mass is 35.5. The minimum atomic E-state index is -0.275. The Hall–Kier alpha value is -1.66. The van der Waals surface area contributed by atoms with Gasteiger partial charge in [-0.15, -0.1) is 10.2 Å². The molecule has 0 fully saturated rings. The fourth-order valence-electron chi connectivity index (χ4n) is 1.47. The van der Waals surface area contributed by atoms with Crippen molar-refractivity contribution < 1.29 is 4.79 Å². The highest BCUT2D eigenvalue weighted by Gasteiger charge is 2.11. The quantitative estimate of drug-likeness (QED) is 0.850. The Morgan fingerprint density at radius 3 is 2.95 bits per heavy atom. The lowest BCUT2D eigenvalue weighted by molar-refractivity contribution is 0.102. The van der Waals surface area contributed by atoms with Gasteiger partial charge in [0.25, 0.3) is 5.91 Å². The van der Waals surface area contributed by atoms with Gasteiger partial charge in [-0.3, -0.25) is 10.1 Å². The van der Waals surface area contributed by atoms with Crippen molar-refractivity contribution >= 4 is 39.7 Å². The molecule has 5 nitrogen and oxygen atoms in total. The molecule has 1 heterocycles. The van der Waals surface area contributed by atoms with Gasteiger partial charge in [-0.05, 0) is 24.6 Å². The van der Waals surface area contributed by atoms with Crippen LogP contribution in [0.25, 0.3) is 0 Å². The maximum absolute atomic E-state index is 12.0. The maximum Gasteiger partial charge on any atom is 0.257 e. The summed E-state index contributed by atoms with van der Waals surface area (Å²) < 4.78 is 0. The fourth-order valence-corrected chi connectivity index (χ4v) is 2.43. The number of nitrogens with one attached hydrogen (secondary N) is 1. The largest absolute Gasteiger partial charge is 0.398 e. The van der Waals surface area contributed by atoms with E-state index in [0.29, 0.717) is 21.4 Å². The molecule has 0 radical (unpaired) electrons. The highest BCUT2D eigenvalue weighted by Crippen LogP contribution is 2.21. The Balaban J connectivity index is 2.09. The number of hydrogen-bond donors (Lipinski definition) is 2. The number of carbonyl (C=O) groups is 1. The summed E-state index contributed by atoms with van der Waals surface area (Å²) in [6.07, 6.45) is 1.86. The van der Waals surface area contributed by atoms with Crippen LogP contribution in [0.1, 0.15) is 28.7 Å². The first-order valence-electron chi connectivity index (χ1n) is 5.79. The summed E-state index contributed by atoms with van der Waals surface area (Å²) in [5.41, 5.74) is 6.47. The molecule has 0 unspecified atom stereocenters. The molecule has 0 atom stereocenters. The van der Waals surface area contributed by atoms with E-state index in [2.05, 4.69) is 22.4 Å². The van der Waals surface area contributed by atoms with Crippen LogP contribution in [-0.2, 0) is 6.42 Å². The summed E-state index contributed by atoms with van der Waals surface area (Å²) in [5, 5.41) is 12.4. The van der Waals surface area contributed by atoms with Crippen molar-refractivity contribution in [1.29, 1.82) is 0 Å². The molecular weight excluding hydrogens is 284 g/mol. The SMILES string of the molecule is CCCc1nnc(NC(=O)c2ccc(Cl)c(N)c2)s1. The number of aromatic nitrogens is 2. The van der Waals surface area contributed by atoms with Crippen LogP contribution in [0.4, 0.5) is 10.8 Å². The molecule has 1 aromatic carbocycles. The van der Waals surface area contributed by atoms with Crippen LogP contribution in [0, 0.1) is 0 Å². The van der Waals surface area contributed by atoms with Crippen LogP contribution < -0.4 is 11.1 Å². The predicted octanol–water partition coefficient (Wildman–Crippen LogP) is 2.98. The smallest absolute Gasteiger partial charge is 0.257 e. The molecule has 0 aliphatic heterocycles. The Kier molecular flexibility index (Phi) is 4.34. The Labute approximate surface area is 119 Å². The molecule has 2 aromatic rings. The predicted molar refractivity (Wildman–Crippen MR) is 77.7 cm³/mol. The molecule has 100 valence electrons. The van der Waals surface area contributed by atoms with Crippen molar-refractivity contribution in [2.75, 3.05) is 11.1 Å². The number of carbonyl (C=O) groups excluding carboxylic acids is 1. The second kappa shape index (κ2) is 5.99. The number of hydrogen-bond acceptors (Lipinski definition) is 5. The number of nitrogens with two attached hydrogens (primary N) is 1. The van der Waals surface area contributed by atoms with Crippen molar-refractivity contribution in [3.63, 3.8) is 0 Å². The lowest BCUT2D eigenvalue weighted by atomic mass is 10.2. The normalized spacial score (nSPS) is 10.4. The van der Waals surface area contributed by atoms with Crippen molar-refractivity contribution in [2.24, 2.45) is 0 Å². The monoisotopic (exact) mass is 296 g/mol. The zero-order valence-corrected chi connectivity index (χ0v) is 11.9. The number of nitrogens with zero attached hydrogens (tertiary/aromatic N) is 2.